The second-order valence-corrected chi connectivity index (χ2v) is 6.06. The zero-order valence-corrected chi connectivity index (χ0v) is 11.4. The number of anilines is 1. The zero-order valence-electron chi connectivity index (χ0n) is 10.6. The molecule has 0 radical (unpaired) electrons. The molecule has 1 aromatic heterocycles. The van der Waals surface area contributed by atoms with Gasteiger partial charge < -0.3 is 5.32 Å². The van der Waals surface area contributed by atoms with E-state index in [0.29, 0.717) is 11.7 Å². The topological polar surface area (TPSA) is 61.6 Å². The third-order valence-electron chi connectivity index (χ3n) is 3.15. The van der Waals surface area contributed by atoms with Crippen LogP contribution >= 0.6 is 11.8 Å². The third kappa shape index (κ3) is 3.61. The highest BCUT2D eigenvalue weighted by Crippen LogP contribution is 2.29. The summed E-state index contributed by atoms with van der Waals surface area (Å²) in [5, 5.41) is 12.9. The van der Waals surface area contributed by atoms with E-state index in [-0.39, 0.29) is 0 Å². The van der Waals surface area contributed by atoms with Crippen molar-refractivity contribution in [1.82, 2.24) is 9.97 Å². The Hall–Kier alpha value is -1.28. The fraction of sp³-hybridized carbons (Fsp3) is 0.615. The van der Waals surface area contributed by atoms with Gasteiger partial charge in [-0.05, 0) is 25.0 Å². The molecule has 4 nitrogen and oxygen atoms in total. The number of aromatic nitrogens is 2. The molecule has 1 saturated carbocycles. The van der Waals surface area contributed by atoms with Gasteiger partial charge in [-0.15, -0.1) is 0 Å². The molecule has 1 aromatic rings. The van der Waals surface area contributed by atoms with E-state index < -0.39 is 0 Å². The van der Waals surface area contributed by atoms with Gasteiger partial charge in [0.25, 0.3) is 0 Å². The molecular weight excluding hydrogens is 244 g/mol. The number of nitriles is 1. The van der Waals surface area contributed by atoms with Crippen molar-refractivity contribution in [2.45, 2.75) is 43.9 Å². The predicted octanol–water partition coefficient (Wildman–Crippen LogP) is 2.82. The summed E-state index contributed by atoms with van der Waals surface area (Å²) in [4.78, 5) is 8.24. The summed E-state index contributed by atoms with van der Waals surface area (Å²) in [5.41, 5.74) is 0.364. The van der Waals surface area contributed by atoms with Crippen LogP contribution in [-0.2, 0) is 0 Å². The molecule has 0 bridgehead atoms. The summed E-state index contributed by atoms with van der Waals surface area (Å²) in [6.45, 7) is 2.22. The second-order valence-electron chi connectivity index (χ2n) is 4.48. The van der Waals surface area contributed by atoms with Crippen LogP contribution in [0.1, 0.15) is 38.3 Å². The van der Waals surface area contributed by atoms with Gasteiger partial charge in [0.2, 0.25) is 0 Å². The molecule has 1 aliphatic carbocycles. The maximum absolute atomic E-state index is 8.67. The Morgan fingerprint density at radius 2 is 2.33 bits per heavy atom. The van der Waals surface area contributed by atoms with E-state index in [1.165, 1.54) is 37.6 Å². The number of nitrogens with zero attached hydrogens (tertiary/aromatic N) is 3. The second kappa shape index (κ2) is 6.60. The highest BCUT2D eigenvalue weighted by Gasteiger charge is 2.21. The molecule has 1 fully saturated rings. The summed E-state index contributed by atoms with van der Waals surface area (Å²) in [6.07, 6.45) is 8.16. The smallest absolute Gasteiger partial charge is 0.158 e. The fourth-order valence-corrected chi connectivity index (χ4v) is 3.51. The number of rotatable bonds is 4. The minimum atomic E-state index is 0.364. The van der Waals surface area contributed by atoms with Gasteiger partial charge in [0.1, 0.15) is 11.9 Å². The van der Waals surface area contributed by atoms with E-state index in [1.807, 2.05) is 6.07 Å². The highest BCUT2D eigenvalue weighted by atomic mass is 32.2. The summed E-state index contributed by atoms with van der Waals surface area (Å²) >= 11 is 2.05. The van der Waals surface area contributed by atoms with Crippen molar-refractivity contribution in [3.05, 3.63) is 18.1 Å². The molecule has 2 rings (SSSR count). The number of hydrogen-bond donors (Lipinski definition) is 1. The van der Waals surface area contributed by atoms with Crippen molar-refractivity contribution in [3.63, 3.8) is 0 Å². The normalized spacial score (nSPS) is 23.3. The van der Waals surface area contributed by atoms with Gasteiger partial charge in [0, 0.05) is 11.3 Å². The molecule has 1 N–H and O–H groups in total. The molecule has 1 heterocycles. The third-order valence-corrected chi connectivity index (χ3v) is 4.38. The summed E-state index contributed by atoms with van der Waals surface area (Å²) in [5.74, 6) is 1.97. The first-order chi connectivity index (χ1) is 8.81. The quantitative estimate of drug-likeness (QED) is 0.904. The van der Waals surface area contributed by atoms with Crippen molar-refractivity contribution in [3.8, 4) is 6.07 Å². The van der Waals surface area contributed by atoms with Gasteiger partial charge in [-0.2, -0.15) is 17.0 Å². The maximum Gasteiger partial charge on any atom is 0.158 e. The van der Waals surface area contributed by atoms with Crippen molar-refractivity contribution in [1.29, 1.82) is 5.26 Å². The van der Waals surface area contributed by atoms with Crippen LogP contribution in [0.15, 0.2) is 12.4 Å². The summed E-state index contributed by atoms with van der Waals surface area (Å²) in [6, 6.07) is 2.47. The number of thioether (sulfide) groups is 1. The van der Waals surface area contributed by atoms with Crippen LogP contribution < -0.4 is 5.32 Å². The van der Waals surface area contributed by atoms with E-state index in [9.17, 15) is 0 Å². The van der Waals surface area contributed by atoms with Gasteiger partial charge >= 0.3 is 0 Å². The largest absolute Gasteiger partial charge is 0.366 e. The standard InChI is InChI=1S/C13H18N4S/c1-2-18-12-5-3-4-10(6-12)17-13-9-15-11(7-14)8-16-13/h8-10,12H,2-6H2,1H3,(H,16,17). The molecule has 0 spiro atoms. The molecule has 2 unspecified atom stereocenters. The first-order valence-electron chi connectivity index (χ1n) is 6.42. The van der Waals surface area contributed by atoms with Gasteiger partial charge in [-0.1, -0.05) is 13.3 Å². The van der Waals surface area contributed by atoms with Crippen molar-refractivity contribution in [2.75, 3.05) is 11.1 Å². The van der Waals surface area contributed by atoms with E-state index >= 15 is 0 Å². The average Bonchev–Trinajstić information content (AvgIpc) is 2.40. The Morgan fingerprint density at radius 1 is 1.44 bits per heavy atom. The van der Waals surface area contributed by atoms with E-state index in [0.717, 1.165) is 11.1 Å². The lowest BCUT2D eigenvalue weighted by atomic mass is 9.95. The van der Waals surface area contributed by atoms with Crippen molar-refractivity contribution >= 4 is 17.6 Å². The van der Waals surface area contributed by atoms with Crippen LogP contribution in [0.5, 0.6) is 0 Å². The zero-order chi connectivity index (χ0) is 12.8. The Morgan fingerprint density at radius 3 is 3.00 bits per heavy atom. The van der Waals surface area contributed by atoms with E-state index in [1.54, 1.807) is 6.20 Å². The molecule has 5 heteroatoms. The molecular formula is C13H18N4S. The summed E-state index contributed by atoms with van der Waals surface area (Å²) in [7, 11) is 0. The first-order valence-corrected chi connectivity index (χ1v) is 7.47. The number of hydrogen-bond acceptors (Lipinski definition) is 5. The van der Waals surface area contributed by atoms with Gasteiger partial charge in [-0.3, -0.25) is 0 Å². The minimum absolute atomic E-state index is 0.364. The van der Waals surface area contributed by atoms with E-state index in [2.05, 4.69) is 34.0 Å². The molecule has 0 aliphatic heterocycles. The molecule has 0 amide bonds. The molecule has 0 aromatic carbocycles. The Bertz CT molecular complexity index is 410. The molecule has 2 atom stereocenters. The Kier molecular flexibility index (Phi) is 4.82. The number of nitrogens with one attached hydrogen (secondary N) is 1. The van der Waals surface area contributed by atoms with Crippen LogP contribution in [0.3, 0.4) is 0 Å². The average molecular weight is 262 g/mol. The Balaban J connectivity index is 1.90. The van der Waals surface area contributed by atoms with Gasteiger partial charge in [-0.25, -0.2) is 9.97 Å². The lowest BCUT2D eigenvalue weighted by Gasteiger charge is -2.29. The monoisotopic (exact) mass is 262 g/mol. The molecule has 18 heavy (non-hydrogen) atoms. The van der Waals surface area contributed by atoms with Gasteiger partial charge in [0.15, 0.2) is 5.69 Å². The predicted molar refractivity (Wildman–Crippen MR) is 74.5 cm³/mol. The summed E-state index contributed by atoms with van der Waals surface area (Å²) < 4.78 is 0. The molecule has 1 aliphatic rings. The SMILES string of the molecule is CCSC1CCCC(Nc2cnc(C#N)cn2)C1. The fourth-order valence-electron chi connectivity index (χ4n) is 2.33. The van der Waals surface area contributed by atoms with Gasteiger partial charge in [0.05, 0.1) is 12.4 Å². The van der Waals surface area contributed by atoms with Crippen LogP contribution in [0, 0.1) is 11.3 Å². The van der Waals surface area contributed by atoms with Crippen LogP contribution in [0.4, 0.5) is 5.82 Å². The van der Waals surface area contributed by atoms with Crippen LogP contribution in [-0.4, -0.2) is 27.0 Å². The maximum atomic E-state index is 8.67. The highest BCUT2D eigenvalue weighted by molar-refractivity contribution is 7.99. The minimum Gasteiger partial charge on any atom is -0.366 e. The molecule has 96 valence electrons. The first kappa shape index (κ1) is 13.2. The Labute approximate surface area is 112 Å². The van der Waals surface area contributed by atoms with E-state index in [4.69, 9.17) is 5.26 Å². The van der Waals surface area contributed by atoms with Crippen molar-refractivity contribution in [2.24, 2.45) is 0 Å². The lowest BCUT2D eigenvalue weighted by Crippen LogP contribution is -2.29. The van der Waals surface area contributed by atoms with Crippen LogP contribution in [0.25, 0.3) is 0 Å². The lowest BCUT2D eigenvalue weighted by molar-refractivity contribution is 0.472. The van der Waals surface area contributed by atoms with Crippen molar-refractivity contribution < 1.29 is 0 Å². The van der Waals surface area contributed by atoms with Crippen LogP contribution in [0.2, 0.25) is 0 Å². The molecule has 0 saturated heterocycles.